The molecule has 3 saturated heterocycles. The first kappa shape index (κ1) is 90.4. The zero-order valence-corrected chi connectivity index (χ0v) is 61.5. The molecule has 1 amide bonds. The van der Waals surface area contributed by atoms with Gasteiger partial charge in [-0.05, 0) is 83.5 Å². The van der Waals surface area contributed by atoms with Gasteiger partial charge in [-0.25, -0.2) is 0 Å². The van der Waals surface area contributed by atoms with Crippen molar-refractivity contribution >= 4 is 5.91 Å². The van der Waals surface area contributed by atoms with E-state index in [0.717, 1.165) is 57.8 Å². The maximum absolute atomic E-state index is 13.5. The molecule has 19 heteroatoms. The lowest BCUT2D eigenvalue weighted by Crippen LogP contribution is -2.66. The lowest BCUT2D eigenvalue weighted by molar-refractivity contribution is -0.379. The number of aliphatic hydroxyl groups excluding tert-OH is 11. The van der Waals surface area contributed by atoms with Crippen molar-refractivity contribution in [2.45, 2.75) is 401 Å². The van der Waals surface area contributed by atoms with Crippen molar-refractivity contribution in [3.05, 3.63) is 72.9 Å². The standard InChI is InChI=1S/C80H143NO18/c1-3-5-7-9-11-13-15-17-19-21-23-25-26-27-28-29-30-31-32-33-34-35-36-38-40-42-44-46-48-50-52-54-56-58-68(86)81-63(64(85)57-55-53-51-49-47-45-43-41-39-37-24-22-20-18-16-14-12-10-8-6-4-2)62-94-78-74(92)71(89)76(66(60-83)96-78)99-80-75(93)72(90)77(67(61-84)97-80)98-79-73(91)70(88)69(87)65(59-82)95-79/h15,17,21,23,26-27,39,41,47,49,55,57,63-67,69-80,82-85,87-93H,3-14,16,18-20,22,24-25,28-38,40,42-46,48,50-54,56,58-62H2,1-2H3,(H,81,86)/b17-15-,23-21-,27-26-,41-39+,49-47+,57-55+. The van der Waals surface area contributed by atoms with Gasteiger partial charge < -0.3 is 89.9 Å². The van der Waals surface area contributed by atoms with Gasteiger partial charge in [0.2, 0.25) is 5.91 Å². The summed E-state index contributed by atoms with van der Waals surface area (Å²) in [6, 6.07) is -1.000. The van der Waals surface area contributed by atoms with Crippen LogP contribution in [0.5, 0.6) is 0 Å². The molecule has 0 aliphatic carbocycles. The number of ether oxygens (including phenoxy) is 6. The molecule has 17 atom stereocenters. The van der Waals surface area contributed by atoms with Crippen molar-refractivity contribution in [3.63, 3.8) is 0 Å². The molecule has 576 valence electrons. The van der Waals surface area contributed by atoms with E-state index in [2.05, 4.69) is 79.9 Å². The van der Waals surface area contributed by atoms with Crippen LogP contribution in [-0.2, 0) is 33.2 Å². The minimum atomic E-state index is -1.98. The molecular weight excluding hydrogens is 1260 g/mol. The second kappa shape index (κ2) is 60.5. The van der Waals surface area contributed by atoms with Crippen LogP contribution in [0.2, 0.25) is 0 Å². The highest BCUT2D eigenvalue weighted by molar-refractivity contribution is 5.76. The highest BCUT2D eigenvalue weighted by Gasteiger charge is 2.53. The van der Waals surface area contributed by atoms with Crippen molar-refractivity contribution in [2.24, 2.45) is 0 Å². The minimum Gasteiger partial charge on any atom is -0.394 e. The van der Waals surface area contributed by atoms with Gasteiger partial charge in [0.1, 0.15) is 73.2 Å². The number of hydrogen-bond acceptors (Lipinski definition) is 18. The molecule has 0 bridgehead atoms. The van der Waals surface area contributed by atoms with E-state index in [4.69, 9.17) is 28.4 Å². The Kier molecular flexibility index (Phi) is 55.3. The molecule has 3 rings (SSSR count). The minimum absolute atomic E-state index is 0.231. The first-order valence-electron chi connectivity index (χ1n) is 39.7. The Labute approximate surface area is 598 Å². The Balaban J connectivity index is 1.38. The largest absolute Gasteiger partial charge is 0.394 e. The fraction of sp³-hybridized carbons (Fsp3) is 0.838. The predicted octanol–water partition coefficient (Wildman–Crippen LogP) is 12.8. The van der Waals surface area contributed by atoms with Crippen LogP contribution in [0, 0.1) is 0 Å². The van der Waals surface area contributed by atoms with Crippen LogP contribution in [0.3, 0.4) is 0 Å². The number of carbonyl (C=O) groups excluding carboxylic acids is 1. The molecule has 3 fully saturated rings. The topological polar surface area (TPSA) is 307 Å². The number of hydrogen-bond donors (Lipinski definition) is 12. The number of carbonyl (C=O) groups is 1. The SMILES string of the molecule is CCCCCCC/C=C\C/C=C\C/C=C\CCCCCCCCCCCCCCCCCCCCC(=O)NC(COC1OC(CO)C(OC2OC(CO)C(OC3OC(CO)C(O)C(O)C3O)C(O)C2O)C(O)C1O)C(O)/C=C/CC/C=C/CC/C=C/CCCCCCCCCCCCC. The number of nitrogens with one attached hydrogen (secondary N) is 1. The normalized spacial score (nSPS) is 27.0. The van der Waals surface area contributed by atoms with Crippen LogP contribution < -0.4 is 5.32 Å². The molecule has 3 aliphatic rings. The Bertz CT molecular complexity index is 2070. The number of unbranched alkanes of at least 4 members (excludes halogenated alkanes) is 36. The number of amides is 1. The van der Waals surface area contributed by atoms with Gasteiger partial charge in [-0.15, -0.1) is 0 Å². The molecule has 99 heavy (non-hydrogen) atoms. The fourth-order valence-corrected chi connectivity index (χ4v) is 13.1. The van der Waals surface area contributed by atoms with E-state index in [-0.39, 0.29) is 18.9 Å². The van der Waals surface area contributed by atoms with E-state index in [0.29, 0.717) is 12.8 Å². The number of rotatable bonds is 62. The van der Waals surface area contributed by atoms with Crippen LogP contribution in [-0.4, -0.2) is 193 Å². The molecule has 0 aromatic rings. The van der Waals surface area contributed by atoms with Crippen molar-refractivity contribution < 1.29 is 89.4 Å². The molecule has 3 aliphatic heterocycles. The number of aliphatic hydroxyl groups is 11. The monoisotopic (exact) mass is 1410 g/mol. The summed E-state index contributed by atoms with van der Waals surface area (Å²) in [7, 11) is 0. The zero-order chi connectivity index (χ0) is 71.8. The van der Waals surface area contributed by atoms with Gasteiger partial charge in [0, 0.05) is 6.42 Å². The highest BCUT2D eigenvalue weighted by atomic mass is 16.8. The second-order valence-electron chi connectivity index (χ2n) is 28.2. The van der Waals surface area contributed by atoms with Gasteiger partial charge in [0.25, 0.3) is 0 Å². The smallest absolute Gasteiger partial charge is 0.220 e. The van der Waals surface area contributed by atoms with Gasteiger partial charge in [0.05, 0.1) is 38.6 Å². The van der Waals surface area contributed by atoms with Gasteiger partial charge in [-0.3, -0.25) is 4.79 Å². The molecule has 0 saturated carbocycles. The highest BCUT2D eigenvalue weighted by Crippen LogP contribution is 2.33. The van der Waals surface area contributed by atoms with Crippen LogP contribution in [0.15, 0.2) is 72.9 Å². The summed E-state index contributed by atoms with van der Waals surface area (Å²) < 4.78 is 34.4. The van der Waals surface area contributed by atoms with E-state index in [1.807, 2.05) is 6.08 Å². The van der Waals surface area contributed by atoms with E-state index < -0.39 is 124 Å². The quantitative estimate of drug-likeness (QED) is 0.0199. The summed E-state index contributed by atoms with van der Waals surface area (Å²) >= 11 is 0. The third kappa shape index (κ3) is 40.9. The maximum atomic E-state index is 13.5. The lowest BCUT2D eigenvalue weighted by Gasteiger charge is -2.48. The summed E-state index contributed by atoms with van der Waals surface area (Å²) in [5.41, 5.74) is 0. The third-order valence-electron chi connectivity index (χ3n) is 19.5. The van der Waals surface area contributed by atoms with Crippen molar-refractivity contribution in [2.75, 3.05) is 26.4 Å². The van der Waals surface area contributed by atoms with Crippen LogP contribution >= 0.6 is 0 Å². The number of allylic oxidation sites excluding steroid dienone is 11. The van der Waals surface area contributed by atoms with Gasteiger partial charge in [-0.2, -0.15) is 0 Å². The van der Waals surface area contributed by atoms with E-state index in [9.17, 15) is 61.0 Å². The molecule has 17 unspecified atom stereocenters. The second-order valence-corrected chi connectivity index (χ2v) is 28.2. The van der Waals surface area contributed by atoms with Crippen LogP contribution in [0.4, 0.5) is 0 Å². The van der Waals surface area contributed by atoms with E-state index in [1.54, 1.807) is 6.08 Å². The average Bonchev–Trinajstić information content (AvgIpc) is 0.761. The third-order valence-corrected chi connectivity index (χ3v) is 19.5. The van der Waals surface area contributed by atoms with Crippen LogP contribution in [0.25, 0.3) is 0 Å². The summed E-state index contributed by atoms with van der Waals surface area (Å²) in [6.45, 7) is 1.72. The van der Waals surface area contributed by atoms with E-state index in [1.165, 1.54) is 205 Å². The molecule has 19 nitrogen and oxygen atoms in total. The molecule has 0 spiro atoms. The molecule has 0 radical (unpaired) electrons. The Hall–Kier alpha value is -2.77. The summed E-state index contributed by atoms with van der Waals surface area (Å²) in [4.78, 5) is 13.5. The van der Waals surface area contributed by atoms with E-state index >= 15 is 0 Å². The first-order chi connectivity index (χ1) is 48.3. The lowest BCUT2D eigenvalue weighted by atomic mass is 9.96. The van der Waals surface area contributed by atoms with Crippen molar-refractivity contribution in [1.29, 1.82) is 0 Å². The van der Waals surface area contributed by atoms with Crippen molar-refractivity contribution in [1.82, 2.24) is 5.32 Å². The molecule has 3 heterocycles. The Morgan fingerprint density at radius 3 is 1.08 bits per heavy atom. The molecular formula is C80H143NO18. The summed E-state index contributed by atoms with van der Waals surface area (Å²) in [5.74, 6) is -0.287. The Morgan fingerprint density at radius 2 is 0.677 bits per heavy atom. The molecule has 0 aromatic heterocycles. The molecule has 12 N–H and O–H groups in total. The zero-order valence-electron chi connectivity index (χ0n) is 61.5. The molecule has 0 aromatic carbocycles. The van der Waals surface area contributed by atoms with Crippen molar-refractivity contribution in [3.8, 4) is 0 Å². The van der Waals surface area contributed by atoms with Crippen LogP contribution in [0.1, 0.15) is 296 Å². The summed E-state index contributed by atoms with van der Waals surface area (Å²) in [6.07, 6.45) is 51.8. The van der Waals surface area contributed by atoms with Gasteiger partial charge in [0.15, 0.2) is 18.9 Å². The predicted molar refractivity (Wildman–Crippen MR) is 392 cm³/mol. The fourth-order valence-electron chi connectivity index (χ4n) is 13.1. The first-order valence-corrected chi connectivity index (χ1v) is 39.7. The average molecular weight is 1410 g/mol. The summed E-state index contributed by atoms with van der Waals surface area (Å²) in [5, 5.41) is 121. The maximum Gasteiger partial charge on any atom is 0.220 e. The van der Waals surface area contributed by atoms with Gasteiger partial charge in [-0.1, -0.05) is 279 Å². The van der Waals surface area contributed by atoms with Gasteiger partial charge >= 0.3 is 0 Å². The Morgan fingerprint density at radius 1 is 0.364 bits per heavy atom.